The van der Waals surface area contributed by atoms with Crippen molar-refractivity contribution in [3.63, 3.8) is 0 Å². The minimum atomic E-state index is -0.811. The van der Waals surface area contributed by atoms with E-state index in [1.54, 1.807) is 7.05 Å². The standard InChI is InChI=1S/C18H20N4O4/c1-18(2)5-11(23)14-12(6-18)26-16(20)9(7-19)13(14)15-10(17(24)25-4)8-21-22(15)3/h8,13H,5-6,20H2,1-4H3/t13-/m1/s1. The second-order valence-corrected chi connectivity index (χ2v) is 7.26. The molecule has 0 aromatic carbocycles. The zero-order valence-corrected chi connectivity index (χ0v) is 15.1. The molecule has 0 bridgehead atoms. The Bertz CT molecular complexity index is 914. The molecule has 2 heterocycles. The lowest BCUT2D eigenvalue weighted by molar-refractivity contribution is -0.119. The van der Waals surface area contributed by atoms with Gasteiger partial charge in [0.15, 0.2) is 5.78 Å². The first kappa shape index (κ1) is 17.7. The largest absolute Gasteiger partial charge is 0.465 e. The van der Waals surface area contributed by atoms with E-state index < -0.39 is 11.9 Å². The van der Waals surface area contributed by atoms with Crippen LogP contribution in [-0.2, 0) is 21.3 Å². The Kier molecular flexibility index (Phi) is 4.11. The third-order valence-electron chi connectivity index (χ3n) is 4.74. The molecule has 0 saturated heterocycles. The van der Waals surface area contributed by atoms with E-state index in [0.717, 1.165) is 0 Å². The Labute approximate surface area is 150 Å². The maximum Gasteiger partial charge on any atom is 0.341 e. The predicted octanol–water partition coefficient (Wildman–Crippen LogP) is 1.66. The number of rotatable bonds is 2. The van der Waals surface area contributed by atoms with Crippen molar-refractivity contribution in [2.75, 3.05) is 7.11 Å². The Balaban J connectivity index is 2.26. The van der Waals surface area contributed by atoms with Crippen LogP contribution in [0.2, 0.25) is 0 Å². The number of carbonyl (C=O) groups is 2. The summed E-state index contributed by atoms with van der Waals surface area (Å²) >= 11 is 0. The molecule has 0 saturated carbocycles. The summed E-state index contributed by atoms with van der Waals surface area (Å²) in [7, 11) is 2.90. The molecule has 0 fully saturated rings. The van der Waals surface area contributed by atoms with Crippen molar-refractivity contribution in [1.82, 2.24) is 9.78 Å². The number of carbonyl (C=O) groups excluding carboxylic acids is 2. The molecule has 3 rings (SSSR count). The lowest BCUT2D eigenvalue weighted by Gasteiger charge is -2.37. The van der Waals surface area contributed by atoms with Gasteiger partial charge in [-0.15, -0.1) is 0 Å². The first-order chi connectivity index (χ1) is 12.2. The first-order valence-corrected chi connectivity index (χ1v) is 8.14. The molecule has 0 amide bonds. The third-order valence-corrected chi connectivity index (χ3v) is 4.74. The van der Waals surface area contributed by atoms with Crippen molar-refractivity contribution < 1.29 is 19.1 Å². The Morgan fingerprint density at radius 1 is 1.50 bits per heavy atom. The monoisotopic (exact) mass is 356 g/mol. The van der Waals surface area contributed by atoms with Crippen molar-refractivity contribution in [2.45, 2.75) is 32.6 Å². The van der Waals surface area contributed by atoms with E-state index in [0.29, 0.717) is 29.9 Å². The molecular weight excluding hydrogens is 336 g/mol. The second-order valence-electron chi connectivity index (χ2n) is 7.26. The van der Waals surface area contributed by atoms with Crippen LogP contribution in [0.3, 0.4) is 0 Å². The van der Waals surface area contributed by atoms with E-state index in [9.17, 15) is 14.9 Å². The normalized spacial score (nSPS) is 21.8. The van der Waals surface area contributed by atoms with Gasteiger partial charge in [0.1, 0.15) is 23.0 Å². The van der Waals surface area contributed by atoms with Crippen LogP contribution in [0.25, 0.3) is 0 Å². The van der Waals surface area contributed by atoms with E-state index in [4.69, 9.17) is 15.2 Å². The maximum absolute atomic E-state index is 12.9. The molecule has 1 aromatic heterocycles. The molecule has 1 aliphatic carbocycles. The molecule has 2 N–H and O–H groups in total. The molecule has 1 aliphatic heterocycles. The second kappa shape index (κ2) is 6.02. The molecule has 136 valence electrons. The minimum Gasteiger partial charge on any atom is -0.465 e. The van der Waals surface area contributed by atoms with Gasteiger partial charge in [-0.3, -0.25) is 9.48 Å². The molecule has 1 aromatic rings. The number of ether oxygens (including phenoxy) is 2. The van der Waals surface area contributed by atoms with Crippen LogP contribution in [0.4, 0.5) is 0 Å². The smallest absolute Gasteiger partial charge is 0.341 e. The summed E-state index contributed by atoms with van der Waals surface area (Å²) in [6, 6.07) is 2.03. The van der Waals surface area contributed by atoms with Crippen molar-refractivity contribution in [3.8, 4) is 6.07 Å². The van der Waals surface area contributed by atoms with Crippen LogP contribution in [0, 0.1) is 16.7 Å². The quantitative estimate of drug-likeness (QED) is 0.800. The summed E-state index contributed by atoms with van der Waals surface area (Å²) in [4.78, 5) is 25.1. The van der Waals surface area contributed by atoms with E-state index in [1.807, 2.05) is 19.9 Å². The summed E-state index contributed by atoms with van der Waals surface area (Å²) < 4.78 is 11.9. The van der Waals surface area contributed by atoms with E-state index >= 15 is 0 Å². The van der Waals surface area contributed by atoms with Crippen LogP contribution < -0.4 is 5.73 Å². The van der Waals surface area contributed by atoms with Crippen molar-refractivity contribution in [2.24, 2.45) is 18.2 Å². The van der Waals surface area contributed by atoms with Gasteiger partial charge in [-0.1, -0.05) is 13.8 Å². The molecule has 0 unspecified atom stereocenters. The number of nitrogens with two attached hydrogens (primary N) is 1. The predicted molar refractivity (Wildman–Crippen MR) is 90.2 cm³/mol. The summed E-state index contributed by atoms with van der Waals surface area (Å²) in [5.41, 5.74) is 6.73. The van der Waals surface area contributed by atoms with Gasteiger partial charge in [0.25, 0.3) is 0 Å². The highest BCUT2D eigenvalue weighted by Crippen LogP contribution is 2.48. The molecule has 2 aliphatic rings. The van der Waals surface area contributed by atoms with Gasteiger partial charge in [-0.2, -0.15) is 10.4 Å². The van der Waals surface area contributed by atoms with Crippen LogP contribution in [0.1, 0.15) is 48.7 Å². The van der Waals surface area contributed by atoms with Crippen LogP contribution in [0.5, 0.6) is 0 Å². The van der Waals surface area contributed by atoms with Crippen LogP contribution in [-0.4, -0.2) is 28.6 Å². The summed E-state index contributed by atoms with van der Waals surface area (Å²) in [5.74, 6) is -1.14. The van der Waals surface area contributed by atoms with E-state index in [2.05, 4.69) is 5.10 Å². The number of allylic oxidation sites excluding steroid dienone is 3. The number of esters is 1. The molecular formula is C18H20N4O4. The third kappa shape index (κ3) is 2.65. The van der Waals surface area contributed by atoms with Gasteiger partial charge in [0.05, 0.1) is 24.9 Å². The van der Waals surface area contributed by atoms with Crippen molar-refractivity contribution in [1.29, 1.82) is 5.26 Å². The maximum atomic E-state index is 12.9. The number of hydrogen-bond acceptors (Lipinski definition) is 7. The average Bonchev–Trinajstić information content (AvgIpc) is 2.92. The highest BCUT2D eigenvalue weighted by Gasteiger charge is 2.45. The lowest BCUT2D eigenvalue weighted by Crippen LogP contribution is -2.34. The van der Waals surface area contributed by atoms with E-state index in [1.165, 1.54) is 18.0 Å². The summed E-state index contributed by atoms with van der Waals surface area (Å²) in [6.07, 6.45) is 2.18. The van der Waals surface area contributed by atoms with Crippen LogP contribution >= 0.6 is 0 Å². The zero-order chi connectivity index (χ0) is 19.2. The summed E-state index contributed by atoms with van der Waals surface area (Å²) in [5, 5.41) is 13.8. The molecule has 8 nitrogen and oxygen atoms in total. The van der Waals surface area contributed by atoms with Gasteiger partial charge in [0, 0.05) is 25.5 Å². The summed E-state index contributed by atoms with van der Waals surface area (Å²) in [6.45, 7) is 3.94. The molecule has 1 atom stereocenters. The first-order valence-electron chi connectivity index (χ1n) is 8.14. The highest BCUT2D eigenvalue weighted by molar-refractivity contribution is 6.01. The number of ketones is 1. The molecule has 26 heavy (non-hydrogen) atoms. The SMILES string of the molecule is COC(=O)c1cnn(C)c1[C@@H]1C(C#N)=C(N)OC2=C1C(=O)CC(C)(C)C2. The number of hydrogen-bond donors (Lipinski definition) is 1. The van der Waals surface area contributed by atoms with Crippen molar-refractivity contribution >= 4 is 11.8 Å². The fourth-order valence-corrected chi connectivity index (χ4v) is 3.61. The Morgan fingerprint density at radius 3 is 2.81 bits per heavy atom. The van der Waals surface area contributed by atoms with Gasteiger partial charge in [-0.05, 0) is 5.41 Å². The Hall–Kier alpha value is -3.08. The molecule has 0 radical (unpaired) electrons. The van der Waals surface area contributed by atoms with Gasteiger partial charge in [-0.25, -0.2) is 4.79 Å². The molecule has 8 heteroatoms. The van der Waals surface area contributed by atoms with E-state index in [-0.39, 0.29) is 28.2 Å². The number of aryl methyl sites for hydroxylation is 1. The van der Waals surface area contributed by atoms with Gasteiger partial charge in [0.2, 0.25) is 5.88 Å². The number of nitrogens with zero attached hydrogens (tertiary/aromatic N) is 3. The lowest BCUT2D eigenvalue weighted by atomic mass is 9.70. The van der Waals surface area contributed by atoms with Gasteiger partial charge >= 0.3 is 5.97 Å². The Morgan fingerprint density at radius 2 is 2.19 bits per heavy atom. The van der Waals surface area contributed by atoms with Crippen molar-refractivity contribution in [3.05, 3.63) is 40.2 Å². The fourth-order valence-electron chi connectivity index (χ4n) is 3.61. The van der Waals surface area contributed by atoms with Gasteiger partial charge < -0.3 is 15.2 Å². The number of nitriles is 1. The minimum absolute atomic E-state index is 0.0567. The fraction of sp³-hybridized carbons (Fsp3) is 0.444. The number of methoxy groups -OCH3 is 1. The molecule has 0 spiro atoms. The van der Waals surface area contributed by atoms with Crippen LogP contribution in [0.15, 0.2) is 29.0 Å². The average molecular weight is 356 g/mol. The number of Topliss-reactive ketones (excluding diaryl/α,β-unsaturated/α-hetero) is 1. The highest BCUT2D eigenvalue weighted by atomic mass is 16.5. The topological polar surface area (TPSA) is 120 Å². The number of aromatic nitrogens is 2. The zero-order valence-electron chi connectivity index (χ0n) is 15.1.